The predicted molar refractivity (Wildman–Crippen MR) is 156 cm³/mol. The van der Waals surface area contributed by atoms with E-state index in [0.717, 1.165) is 50.1 Å². The molecule has 0 radical (unpaired) electrons. The van der Waals surface area contributed by atoms with Crippen LogP contribution in [0.15, 0.2) is 91.0 Å². The molecule has 0 aliphatic carbocycles. The zero-order chi connectivity index (χ0) is 25.2. The SMILES string of the molecule is C#Cc1ccc(/C=C/c2cc(/C=C/c3ccc(C#C)cc3)cc(/C=C/c3ccc(C#C)cc3)c2)cc1. The lowest BCUT2D eigenvalue weighted by Gasteiger charge is -2.03. The van der Waals surface area contributed by atoms with Crippen LogP contribution in [0.4, 0.5) is 0 Å². The van der Waals surface area contributed by atoms with Gasteiger partial charge in [-0.05, 0) is 88.0 Å². The van der Waals surface area contributed by atoms with E-state index in [-0.39, 0.29) is 0 Å². The largest absolute Gasteiger partial charge is 0.115 e. The predicted octanol–water partition coefficient (Wildman–Crippen LogP) is 8.14. The van der Waals surface area contributed by atoms with Gasteiger partial charge in [0.25, 0.3) is 0 Å². The van der Waals surface area contributed by atoms with Crippen LogP contribution in [0.25, 0.3) is 36.5 Å². The number of benzene rings is 4. The standard InChI is InChI=1S/C36H24/c1-4-28-7-13-31(14-8-28)19-22-34-25-35(23-20-32-15-9-29(5-2)10-16-32)27-36(26-34)24-21-33-17-11-30(6-3)12-18-33/h1-3,7-27H/b22-19+,23-20+,24-21+. The Kier molecular flexibility index (Phi) is 7.82. The Morgan fingerprint density at radius 3 is 0.778 bits per heavy atom. The molecular formula is C36H24. The van der Waals surface area contributed by atoms with Crippen molar-refractivity contribution in [1.82, 2.24) is 0 Å². The lowest BCUT2D eigenvalue weighted by molar-refractivity contribution is 1.57. The van der Waals surface area contributed by atoms with Gasteiger partial charge in [-0.15, -0.1) is 19.3 Å². The molecule has 4 aromatic rings. The summed E-state index contributed by atoms with van der Waals surface area (Å²) >= 11 is 0. The second-order valence-corrected chi connectivity index (χ2v) is 8.23. The minimum absolute atomic E-state index is 0.872. The molecule has 168 valence electrons. The van der Waals surface area contributed by atoms with Crippen molar-refractivity contribution in [2.24, 2.45) is 0 Å². The summed E-state index contributed by atoms with van der Waals surface area (Å²) in [4.78, 5) is 0. The minimum Gasteiger partial charge on any atom is -0.115 e. The molecule has 0 aliphatic heterocycles. The maximum Gasteiger partial charge on any atom is 0.0243 e. The normalized spacial score (nSPS) is 10.9. The molecule has 0 saturated heterocycles. The van der Waals surface area contributed by atoms with Crippen molar-refractivity contribution in [1.29, 1.82) is 0 Å². The molecule has 4 rings (SSSR count). The van der Waals surface area contributed by atoms with E-state index in [1.165, 1.54) is 0 Å². The number of terminal acetylenes is 3. The van der Waals surface area contributed by atoms with E-state index in [4.69, 9.17) is 19.3 Å². The first-order chi connectivity index (χ1) is 17.6. The molecule has 0 atom stereocenters. The Balaban J connectivity index is 1.64. The summed E-state index contributed by atoms with van der Waals surface area (Å²) in [7, 11) is 0. The first-order valence-corrected chi connectivity index (χ1v) is 11.5. The van der Waals surface area contributed by atoms with Gasteiger partial charge in [0.15, 0.2) is 0 Å². The van der Waals surface area contributed by atoms with E-state index >= 15 is 0 Å². The van der Waals surface area contributed by atoms with Crippen LogP contribution in [0, 0.1) is 37.0 Å². The van der Waals surface area contributed by atoms with Crippen molar-refractivity contribution in [2.75, 3.05) is 0 Å². The molecule has 0 unspecified atom stereocenters. The van der Waals surface area contributed by atoms with Gasteiger partial charge in [0, 0.05) is 16.7 Å². The number of rotatable bonds is 6. The average molecular weight is 457 g/mol. The molecule has 0 nitrogen and oxygen atoms in total. The van der Waals surface area contributed by atoms with Crippen molar-refractivity contribution in [2.45, 2.75) is 0 Å². The van der Waals surface area contributed by atoms with Crippen LogP contribution in [-0.4, -0.2) is 0 Å². The fourth-order valence-electron chi connectivity index (χ4n) is 3.64. The van der Waals surface area contributed by atoms with E-state index in [0.29, 0.717) is 0 Å². The Bertz CT molecular complexity index is 1340. The Labute approximate surface area is 214 Å². The fraction of sp³-hybridized carbons (Fsp3) is 0. The quantitative estimate of drug-likeness (QED) is 0.203. The highest BCUT2D eigenvalue weighted by molar-refractivity contribution is 5.79. The van der Waals surface area contributed by atoms with E-state index in [9.17, 15) is 0 Å². The molecular weight excluding hydrogens is 432 g/mol. The third-order valence-electron chi connectivity index (χ3n) is 5.64. The highest BCUT2D eigenvalue weighted by Crippen LogP contribution is 2.19. The molecule has 0 saturated carbocycles. The van der Waals surface area contributed by atoms with Gasteiger partial charge >= 0.3 is 0 Å². The lowest BCUT2D eigenvalue weighted by Crippen LogP contribution is -1.83. The van der Waals surface area contributed by atoms with Crippen molar-refractivity contribution < 1.29 is 0 Å². The van der Waals surface area contributed by atoms with Crippen LogP contribution >= 0.6 is 0 Å². The van der Waals surface area contributed by atoms with Crippen molar-refractivity contribution in [3.05, 3.63) is 141 Å². The molecule has 0 heteroatoms. The molecule has 0 amide bonds. The molecule has 0 bridgehead atoms. The molecule has 0 spiro atoms. The van der Waals surface area contributed by atoms with Crippen LogP contribution in [0.1, 0.15) is 50.1 Å². The summed E-state index contributed by atoms with van der Waals surface area (Å²) < 4.78 is 0. The smallest absolute Gasteiger partial charge is 0.0243 e. The van der Waals surface area contributed by atoms with E-state index in [2.05, 4.69) is 72.4 Å². The number of hydrogen-bond acceptors (Lipinski definition) is 0. The first-order valence-electron chi connectivity index (χ1n) is 11.5. The van der Waals surface area contributed by atoms with Gasteiger partial charge in [-0.3, -0.25) is 0 Å². The summed E-state index contributed by atoms with van der Waals surface area (Å²) in [5.74, 6) is 7.96. The van der Waals surface area contributed by atoms with Gasteiger partial charge in [-0.2, -0.15) is 0 Å². The molecule has 0 heterocycles. The summed E-state index contributed by atoms with van der Waals surface area (Å²) in [6, 6.07) is 30.3. The van der Waals surface area contributed by atoms with Gasteiger partial charge in [-0.1, -0.05) is 90.6 Å². The van der Waals surface area contributed by atoms with Crippen LogP contribution in [0.2, 0.25) is 0 Å². The molecule has 4 aromatic carbocycles. The second-order valence-electron chi connectivity index (χ2n) is 8.23. The van der Waals surface area contributed by atoms with Crippen molar-refractivity contribution in [3.63, 3.8) is 0 Å². The maximum atomic E-state index is 5.47. The highest BCUT2D eigenvalue weighted by Gasteiger charge is 1.98. The maximum absolute atomic E-state index is 5.47. The molecule has 0 aliphatic rings. The topological polar surface area (TPSA) is 0 Å². The Morgan fingerprint density at radius 1 is 0.333 bits per heavy atom. The summed E-state index contributed by atoms with van der Waals surface area (Å²) in [6.45, 7) is 0. The van der Waals surface area contributed by atoms with Crippen LogP contribution in [0.3, 0.4) is 0 Å². The lowest BCUT2D eigenvalue weighted by atomic mass is 10.0. The zero-order valence-corrected chi connectivity index (χ0v) is 19.9. The molecule has 36 heavy (non-hydrogen) atoms. The van der Waals surface area contributed by atoms with Gasteiger partial charge in [-0.25, -0.2) is 0 Å². The van der Waals surface area contributed by atoms with Crippen molar-refractivity contribution >= 4 is 36.5 Å². The van der Waals surface area contributed by atoms with Crippen LogP contribution in [0.5, 0.6) is 0 Å². The third-order valence-corrected chi connectivity index (χ3v) is 5.64. The summed E-state index contributed by atoms with van der Waals surface area (Å²) in [6.07, 6.45) is 29.0. The van der Waals surface area contributed by atoms with E-state index in [1.807, 2.05) is 72.8 Å². The molecule has 0 fully saturated rings. The fourth-order valence-corrected chi connectivity index (χ4v) is 3.64. The van der Waals surface area contributed by atoms with Crippen LogP contribution in [-0.2, 0) is 0 Å². The summed E-state index contributed by atoms with van der Waals surface area (Å²) in [5, 5.41) is 0. The first kappa shape index (κ1) is 23.9. The van der Waals surface area contributed by atoms with Gasteiger partial charge in [0.1, 0.15) is 0 Å². The third kappa shape index (κ3) is 6.65. The Hall–Kier alpha value is -5.22. The van der Waals surface area contributed by atoms with Gasteiger partial charge in [0.05, 0.1) is 0 Å². The minimum atomic E-state index is 0.872. The van der Waals surface area contributed by atoms with Gasteiger partial charge < -0.3 is 0 Å². The van der Waals surface area contributed by atoms with E-state index < -0.39 is 0 Å². The second kappa shape index (κ2) is 11.8. The van der Waals surface area contributed by atoms with E-state index in [1.54, 1.807) is 0 Å². The Morgan fingerprint density at radius 2 is 0.556 bits per heavy atom. The van der Waals surface area contributed by atoms with Crippen molar-refractivity contribution in [3.8, 4) is 37.0 Å². The highest BCUT2D eigenvalue weighted by atomic mass is 14.0. The van der Waals surface area contributed by atoms with Gasteiger partial charge in [0.2, 0.25) is 0 Å². The molecule has 0 N–H and O–H groups in total. The molecule has 0 aromatic heterocycles. The number of hydrogen-bond donors (Lipinski definition) is 0. The monoisotopic (exact) mass is 456 g/mol. The van der Waals surface area contributed by atoms with Crippen LogP contribution < -0.4 is 0 Å². The zero-order valence-electron chi connectivity index (χ0n) is 19.9. The average Bonchev–Trinajstić information content (AvgIpc) is 2.94. The summed E-state index contributed by atoms with van der Waals surface area (Å²) in [5.41, 5.74) is 9.19.